The largest absolute Gasteiger partial charge is 0.380 e. The minimum Gasteiger partial charge on any atom is -0.380 e. The highest BCUT2D eigenvalue weighted by atomic mass is 32.1. The van der Waals surface area contributed by atoms with Crippen molar-refractivity contribution in [1.29, 1.82) is 0 Å². The van der Waals surface area contributed by atoms with Crippen molar-refractivity contribution in [3.8, 4) is 0 Å². The molecule has 0 spiro atoms. The molecule has 2 nitrogen and oxygen atoms in total. The van der Waals surface area contributed by atoms with Gasteiger partial charge in [0, 0.05) is 22.9 Å². The summed E-state index contributed by atoms with van der Waals surface area (Å²) in [4.78, 5) is 1.45. The first-order valence-corrected chi connectivity index (χ1v) is 6.46. The lowest BCUT2D eigenvalue weighted by atomic mass is 9.88. The van der Waals surface area contributed by atoms with Gasteiger partial charge in [0.05, 0.1) is 13.2 Å². The summed E-state index contributed by atoms with van der Waals surface area (Å²) in [6.45, 7) is 7.38. The van der Waals surface area contributed by atoms with Gasteiger partial charge >= 0.3 is 0 Å². The minimum absolute atomic E-state index is 0.366. The third-order valence-electron chi connectivity index (χ3n) is 2.97. The fourth-order valence-corrected chi connectivity index (χ4v) is 2.74. The van der Waals surface area contributed by atoms with Crippen LogP contribution in [0, 0.1) is 5.41 Å². The summed E-state index contributed by atoms with van der Waals surface area (Å²) in [5, 5.41) is 5.79. The molecule has 1 saturated heterocycles. The summed E-state index contributed by atoms with van der Waals surface area (Å²) in [5.74, 6) is 0. The van der Waals surface area contributed by atoms with Crippen LogP contribution in [-0.2, 0) is 4.74 Å². The van der Waals surface area contributed by atoms with Crippen molar-refractivity contribution in [2.75, 3.05) is 19.8 Å². The summed E-state index contributed by atoms with van der Waals surface area (Å²) in [5.41, 5.74) is 0.366. The van der Waals surface area contributed by atoms with E-state index in [2.05, 4.69) is 36.7 Å². The Morgan fingerprint density at radius 3 is 2.87 bits per heavy atom. The molecule has 1 aromatic heterocycles. The molecule has 84 valence electrons. The molecule has 0 bridgehead atoms. The van der Waals surface area contributed by atoms with Crippen LogP contribution in [0.25, 0.3) is 0 Å². The zero-order valence-corrected chi connectivity index (χ0v) is 10.3. The Morgan fingerprint density at radius 1 is 1.60 bits per heavy atom. The van der Waals surface area contributed by atoms with Crippen molar-refractivity contribution in [3.63, 3.8) is 0 Å². The van der Waals surface area contributed by atoms with Gasteiger partial charge in [0.2, 0.25) is 0 Å². The van der Waals surface area contributed by atoms with E-state index < -0.39 is 0 Å². The summed E-state index contributed by atoms with van der Waals surface area (Å²) >= 11 is 1.84. The maximum Gasteiger partial charge on any atom is 0.0554 e. The molecular formula is C12H19NOS. The van der Waals surface area contributed by atoms with Crippen LogP contribution < -0.4 is 5.32 Å². The van der Waals surface area contributed by atoms with E-state index in [0.717, 1.165) is 26.2 Å². The molecule has 1 aliphatic rings. The third-order valence-corrected chi connectivity index (χ3v) is 3.96. The Hall–Kier alpha value is -0.380. The van der Waals surface area contributed by atoms with Crippen molar-refractivity contribution in [1.82, 2.24) is 5.32 Å². The maximum atomic E-state index is 5.26. The van der Waals surface area contributed by atoms with Crippen LogP contribution in [0.3, 0.4) is 0 Å². The first-order chi connectivity index (χ1) is 7.23. The second-order valence-electron chi connectivity index (χ2n) is 4.66. The summed E-state index contributed by atoms with van der Waals surface area (Å²) in [7, 11) is 0. The highest BCUT2D eigenvalue weighted by Crippen LogP contribution is 2.28. The fraction of sp³-hybridized carbons (Fsp3) is 0.667. The lowest BCUT2D eigenvalue weighted by Crippen LogP contribution is -2.47. The number of hydrogen-bond donors (Lipinski definition) is 1. The highest BCUT2D eigenvalue weighted by molar-refractivity contribution is 7.10. The van der Waals surface area contributed by atoms with Gasteiger partial charge in [-0.2, -0.15) is 0 Å². The second kappa shape index (κ2) is 4.64. The van der Waals surface area contributed by atoms with E-state index in [-0.39, 0.29) is 0 Å². The van der Waals surface area contributed by atoms with Crippen molar-refractivity contribution in [3.05, 3.63) is 22.4 Å². The third kappa shape index (κ3) is 2.60. The number of ether oxygens (including phenoxy) is 1. The Labute approximate surface area is 95.6 Å². The van der Waals surface area contributed by atoms with Crippen molar-refractivity contribution in [2.24, 2.45) is 5.41 Å². The zero-order chi connectivity index (χ0) is 10.7. The van der Waals surface area contributed by atoms with Crippen LogP contribution in [0.15, 0.2) is 17.5 Å². The molecule has 1 N–H and O–H groups in total. The van der Waals surface area contributed by atoms with Crippen LogP contribution in [0.4, 0.5) is 0 Å². The van der Waals surface area contributed by atoms with Crippen LogP contribution in [0.5, 0.6) is 0 Å². The molecule has 1 unspecified atom stereocenters. The molecule has 0 saturated carbocycles. The smallest absolute Gasteiger partial charge is 0.0554 e. The molecular weight excluding hydrogens is 206 g/mol. The van der Waals surface area contributed by atoms with Gasteiger partial charge in [0.15, 0.2) is 0 Å². The summed E-state index contributed by atoms with van der Waals surface area (Å²) < 4.78 is 5.26. The molecule has 0 aromatic carbocycles. The van der Waals surface area contributed by atoms with Gasteiger partial charge in [-0.15, -0.1) is 11.3 Å². The molecule has 1 fully saturated rings. The topological polar surface area (TPSA) is 21.3 Å². The maximum absolute atomic E-state index is 5.26. The molecule has 0 amide bonds. The van der Waals surface area contributed by atoms with Gasteiger partial charge in [-0.1, -0.05) is 19.9 Å². The predicted molar refractivity (Wildman–Crippen MR) is 64.3 cm³/mol. The van der Waals surface area contributed by atoms with Crippen molar-refractivity contribution in [2.45, 2.75) is 26.3 Å². The lowest BCUT2D eigenvalue weighted by Gasteiger charge is -2.39. The van der Waals surface area contributed by atoms with E-state index in [4.69, 9.17) is 4.74 Å². The molecule has 15 heavy (non-hydrogen) atoms. The van der Waals surface area contributed by atoms with E-state index in [9.17, 15) is 0 Å². The van der Waals surface area contributed by atoms with Gasteiger partial charge in [-0.25, -0.2) is 0 Å². The van der Waals surface area contributed by atoms with Crippen molar-refractivity contribution >= 4 is 11.3 Å². The van der Waals surface area contributed by atoms with E-state index >= 15 is 0 Å². The Bertz CT molecular complexity index is 293. The molecule has 3 heteroatoms. The quantitative estimate of drug-likeness (QED) is 0.832. The molecule has 2 rings (SSSR count). The first-order valence-electron chi connectivity index (χ1n) is 5.58. The SMILES string of the molecule is CCC(NCC1(C)COC1)c1cccs1. The van der Waals surface area contributed by atoms with Crippen LogP contribution in [0.2, 0.25) is 0 Å². The van der Waals surface area contributed by atoms with E-state index in [1.165, 1.54) is 4.88 Å². The number of hydrogen-bond acceptors (Lipinski definition) is 3. The number of nitrogens with one attached hydrogen (secondary N) is 1. The van der Waals surface area contributed by atoms with E-state index in [1.54, 1.807) is 0 Å². The van der Waals surface area contributed by atoms with E-state index in [1.807, 2.05) is 11.3 Å². The average Bonchev–Trinajstić information content (AvgIpc) is 2.69. The van der Waals surface area contributed by atoms with Gasteiger partial charge in [0.1, 0.15) is 0 Å². The summed E-state index contributed by atoms with van der Waals surface area (Å²) in [6.07, 6.45) is 1.15. The fourth-order valence-electron chi connectivity index (χ4n) is 1.86. The zero-order valence-electron chi connectivity index (χ0n) is 9.45. The first kappa shape index (κ1) is 11.1. The molecule has 0 radical (unpaired) electrons. The van der Waals surface area contributed by atoms with Gasteiger partial charge < -0.3 is 10.1 Å². The Kier molecular flexibility index (Phi) is 3.44. The molecule has 1 aliphatic heterocycles. The van der Waals surface area contributed by atoms with Crippen LogP contribution in [-0.4, -0.2) is 19.8 Å². The minimum atomic E-state index is 0.366. The number of thiophene rings is 1. The van der Waals surface area contributed by atoms with Crippen LogP contribution >= 0.6 is 11.3 Å². The molecule has 2 heterocycles. The molecule has 1 atom stereocenters. The standard InChI is InChI=1S/C12H19NOS/c1-3-10(11-5-4-6-15-11)13-7-12(2)8-14-9-12/h4-6,10,13H,3,7-9H2,1-2H3. The van der Waals surface area contributed by atoms with Gasteiger partial charge in [0.25, 0.3) is 0 Å². The monoisotopic (exact) mass is 225 g/mol. The Balaban J connectivity index is 1.86. The van der Waals surface area contributed by atoms with Crippen LogP contribution in [0.1, 0.15) is 31.2 Å². The Morgan fingerprint density at radius 2 is 2.40 bits per heavy atom. The van der Waals surface area contributed by atoms with E-state index in [0.29, 0.717) is 11.5 Å². The highest BCUT2D eigenvalue weighted by Gasteiger charge is 2.33. The van der Waals surface area contributed by atoms with Gasteiger partial charge in [-0.05, 0) is 17.9 Å². The van der Waals surface area contributed by atoms with Crippen molar-refractivity contribution < 1.29 is 4.74 Å². The molecule has 0 aliphatic carbocycles. The van der Waals surface area contributed by atoms with Gasteiger partial charge in [-0.3, -0.25) is 0 Å². The second-order valence-corrected chi connectivity index (χ2v) is 5.64. The average molecular weight is 225 g/mol. The number of rotatable bonds is 5. The summed E-state index contributed by atoms with van der Waals surface area (Å²) in [6, 6.07) is 4.85. The lowest BCUT2D eigenvalue weighted by molar-refractivity contribution is -0.100. The molecule has 1 aromatic rings. The normalized spacial score (nSPS) is 20.9. The predicted octanol–water partition coefficient (Wildman–Crippen LogP) is 2.83.